The number of imide groups is 1. The molecule has 1 aliphatic rings. The number of amides is 2. The van der Waals surface area contributed by atoms with Crippen molar-refractivity contribution in [2.24, 2.45) is 5.92 Å². The Labute approximate surface area is 116 Å². The van der Waals surface area contributed by atoms with E-state index in [-0.39, 0.29) is 25.4 Å². The molecule has 114 valence electrons. The summed E-state index contributed by atoms with van der Waals surface area (Å²) in [6.45, 7) is 0.972. The summed E-state index contributed by atoms with van der Waals surface area (Å²) in [7, 11) is 3.11. The van der Waals surface area contributed by atoms with Crippen LogP contribution >= 0.6 is 0 Å². The van der Waals surface area contributed by atoms with Crippen molar-refractivity contribution >= 4 is 18.0 Å². The van der Waals surface area contributed by atoms with E-state index in [9.17, 15) is 14.4 Å². The van der Waals surface area contributed by atoms with E-state index in [1.165, 1.54) is 0 Å². The monoisotopic (exact) mass is 289 g/mol. The van der Waals surface area contributed by atoms with Crippen LogP contribution in [0.2, 0.25) is 0 Å². The Morgan fingerprint density at radius 3 is 2.35 bits per heavy atom. The van der Waals surface area contributed by atoms with Crippen LogP contribution in [0.25, 0.3) is 0 Å². The van der Waals surface area contributed by atoms with Crippen molar-refractivity contribution < 1.29 is 33.4 Å². The smallest absolute Gasteiger partial charge is 0.432 e. The Bertz CT molecular complexity index is 342. The number of rotatable bonds is 8. The molecular weight excluding hydrogens is 270 g/mol. The summed E-state index contributed by atoms with van der Waals surface area (Å²) in [6.07, 6.45) is -0.329. The number of hydroxylamine groups is 2. The van der Waals surface area contributed by atoms with Crippen LogP contribution in [0.5, 0.6) is 0 Å². The summed E-state index contributed by atoms with van der Waals surface area (Å²) in [6, 6.07) is 0. The molecule has 2 amide bonds. The fraction of sp³-hybridized carbons (Fsp3) is 0.750. The van der Waals surface area contributed by atoms with Crippen LogP contribution in [0.15, 0.2) is 0 Å². The van der Waals surface area contributed by atoms with Crippen LogP contribution in [-0.2, 0) is 28.6 Å². The maximum absolute atomic E-state index is 11.4. The second kappa shape index (κ2) is 8.49. The van der Waals surface area contributed by atoms with Crippen LogP contribution in [0.4, 0.5) is 4.79 Å². The van der Waals surface area contributed by atoms with Crippen LogP contribution in [-0.4, -0.2) is 57.1 Å². The highest BCUT2D eigenvalue weighted by Crippen LogP contribution is 2.13. The Morgan fingerprint density at radius 2 is 1.80 bits per heavy atom. The molecule has 0 aromatic rings. The molecule has 8 nitrogen and oxygen atoms in total. The normalized spacial score (nSPS) is 16.4. The van der Waals surface area contributed by atoms with E-state index in [1.54, 1.807) is 14.2 Å². The van der Waals surface area contributed by atoms with Crippen LogP contribution in [0, 0.1) is 5.92 Å². The molecule has 1 aliphatic heterocycles. The lowest BCUT2D eigenvalue weighted by atomic mass is 10.1. The first-order chi connectivity index (χ1) is 9.58. The van der Waals surface area contributed by atoms with Crippen molar-refractivity contribution in [3.05, 3.63) is 0 Å². The van der Waals surface area contributed by atoms with Gasteiger partial charge in [0.2, 0.25) is 0 Å². The number of methoxy groups -OCH3 is 2. The van der Waals surface area contributed by atoms with E-state index in [4.69, 9.17) is 14.2 Å². The zero-order chi connectivity index (χ0) is 15.0. The zero-order valence-corrected chi connectivity index (χ0v) is 11.6. The standard InChI is InChI=1S/C12H19NO7/c1-17-6-5-9(7-18-2)8-19-12(16)20-13-10(14)3-4-11(13)15/h9H,3-8H2,1-2H3. The summed E-state index contributed by atoms with van der Waals surface area (Å²) in [5, 5.41) is 0.447. The molecule has 0 aliphatic carbocycles. The molecule has 0 radical (unpaired) electrons. The SMILES string of the molecule is COCCC(COC)COC(=O)ON1C(=O)CCC1=O. The van der Waals surface area contributed by atoms with Gasteiger partial charge in [0.1, 0.15) is 6.61 Å². The van der Waals surface area contributed by atoms with Crippen LogP contribution < -0.4 is 0 Å². The van der Waals surface area contributed by atoms with Crippen LogP contribution in [0.3, 0.4) is 0 Å². The largest absolute Gasteiger partial charge is 0.533 e. The minimum atomic E-state index is -1.08. The van der Waals surface area contributed by atoms with E-state index >= 15 is 0 Å². The van der Waals surface area contributed by atoms with E-state index in [1.807, 2.05) is 0 Å². The average molecular weight is 289 g/mol. The van der Waals surface area contributed by atoms with E-state index in [0.717, 1.165) is 0 Å². The van der Waals surface area contributed by atoms with Gasteiger partial charge in [-0.1, -0.05) is 5.06 Å². The molecular formula is C12H19NO7. The number of carbonyl (C=O) groups is 3. The molecule has 1 saturated heterocycles. The van der Waals surface area contributed by atoms with Gasteiger partial charge in [-0.25, -0.2) is 4.79 Å². The van der Waals surface area contributed by atoms with Crippen molar-refractivity contribution in [3.8, 4) is 0 Å². The lowest BCUT2D eigenvalue weighted by Crippen LogP contribution is -2.33. The molecule has 0 N–H and O–H groups in total. The van der Waals surface area contributed by atoms with E-state index in [2.05, 4.69) is 4.84 Å². The number of hydrogen-bond acceptors (Lipinski definition) is 7. The zero-order valence-electron chi connectivity index (χ0n) is 11.6. The first-order valence-corrected chi connectivity index (χ1v) is 6.26. The van der Waals surface area contributed by atoms with Gasteiger partial charge in [-0.2, -0.15) is 0 Å². The fourth-order valence-corrected chi connectivity index (χ4v) is 1.68. The summed E-state index contributed by atoms with van der Waals surface area (Å²) < 4.78 is 14.8. The second-order valence-corrected chi connectivity index (χ2v) is 4.34. The highest BCUT2D eigenvalue weighted by atomic mass is 16.8. The molecule has 0 aromatic heterocycles. The van der Waals surface area contributed by atoms with Crippen LogP contribution in [0.1, 0.15) is 19.3 Å². The average Bonchev–Trinajstić information content (AvgIpc) is 2.73. The van der Waals surface area contributed by atoms with Gasteiger partial charge in [0.05, 0.1) is 6.61 Å². The fourth-order valence-electron chi connectivity index (χ4n) is 1.68. The Kier molecular flexibility index (Phi) is 6.96. The molecule has 1 rings (SSSR count). The molecule has 0 aromatic carbocycles. The van der Waals surface area contributed by atoms with Gasteiger partial charge >= 0.3 is 6.16 Å². The maximum atomic E-state index is 11.4. The third kappa shape index (κ3) is 5.14. The van der Waals surface area contributed by atoms with Gasteiger partial charge in [-0.3, -0.25) is 14.4 Å². The highest BCUT2D eigenvalue weighted by Gasteiger charge is 2.33. The van der Waals surface area contributed by atoms with Gasteiger partial charge in [0.25, 0.3) is 11.8 Å². The molecule has 20 heavy (non-hydrogen) atoms. The van der Waals surface area contributed by atoms with Crippen molar-refractivity contribution in [3.63, 3.8) is 0 Å². The minimum absolute atomic E-state index is 0.0440. The molecule has 0 saturated carbocycles. The number of nitrogens with zero attached hydrogens (tertiary/aromatic N) is 1. The molecule has 1 heterocycles. The lowest BCUT2D eigenvalue weighted by molar-refractivity contribution is -0.177. The van der Waals surface area contributed by atoms with Gasteiger partial charge in [-0.15, -0.1) is 0 Å². The molecule has 8 heteroatoms. The maximum Gasteiger partial charge on any atom is 0.533 e. The second-order valence-electron chi connectivity index (χ2n) is 4.34. The number of ether oxygens (including phenoxy) is 3. The molecule has 1 unspecified atom stereocenters. The first-order valence-electron chi connectivity index (χ1n) is 6.26. The van der Waals surface area contributed by atoms with Gasteiger partial charge in [-0.05, 0) is 6.42 Å². The predicted molar refractivity (Wildman–Crippen MR) is 65.4 cm³/mol. The lowest BCUT2D eigenvalue weighted by Gasteiger charge is -2.17. The quantitative estimate of drug-likeness (QED) is 0.474. The molecule has 1 fully saturated rings. The van der Waals surface area contributed by atoms with E-state index in [0.29, 0.717) is 24.7 Å². The van der Waals surface area contributed by atoms with Crippen molar-refractivity contribution in [2.75, 3.05) is 34.0 Å². The Balaban J connectivity index is 2.33. The highest BCUT2D eigenvalue weighted by molar-refractivity contribution is 6.01. The molecule has 0 bridgehead atoms. The van der Waals surface area contributed by atoms with Crippen molar-refractivity contribution in [1.82, 2.24) is 5.06 Å². The Morgan fingerprint density at radius 1 is 1.15 bits per heavy atom. The predicted octanol–water partition coefficient (Wildman–Crippen LogP) is 0.503. The summed E-state index contributed by atoms with van der Waals surface area (Å²) in [5.74, 6) is -1.13. The number of carbonyl (C=O) groups excluding carboxylic acids is 3. The van der Waals surface area contributed by atoms with Gasteiger partial charge in [0.15, 0.2) is 0 Å². The summed E-state index contributed by atoms with van der Waals surface area (Å²) in [5.41, 5.74) is 0. The number of hydrogen-bond donors (Lipinski definition) is 0. The third-order valence-corrected chi connectivity index (χ3v) is 2.74. The first kappa shape index (κ1) is 16.4. The summed E-state index contributed by atoms with van der Waals surface area (Å²) >= 11 is 0. The Hall–Kier alpha value is -1.67. The van der Waals surface area contributed by atoms with E-state index < -0.39 is 18.0 Å². The molecule has 1 atom stereocenters. The van der Waals surface area contributed by atoms with Crippen molar-refractivity contribution in [1.29, 1.82) is 0 Å². The third-order valence-electron chi connectivity index (χ3n) is 2.74. The van der Waals surface area contributed by atoms with Gasteiger partial charge in [0, 0.05) is 39.6 Å². The summed E-state index contributed by atoms with van der Waals surface area (Å²) in [4.78, 5) is 38.5. The molecule has 0 spiro atoms. The van der Waals surface area contributed by atoms with Crippen molar-refractivity contribution in [2.45, 2.75) is 19.3 Å². The topological polar surface area (TPSA) is 91.4 Å². The minimum Gasteiger partial charge on any atom is -0.432 e. The van der Waals surface area contributed by atoms with Gasteiger partial charge < -0.3 is 14.2 Å².